The van der Waals surface area contributed by atoms with Gasteiger partial charge in [-0.3, -0.25) is 9.69 Å². The number of hydrogen-bond acceptors (Lipinski definition) is 5. The van der Waals surface area contributed by atoms with E-state index in [1.807, 2.05) is 36.1 Å². The molecule has 0 bridgehead atoms. The van der Waals surface area contributed by atoms with Crippen molar-refractivity contribution in [1.29, 1.82) is 0 Å². The molecule has 4 rings (SSSR count). The Kier molecular flexibility index (Phi) is 4.98. The molecule has 2 saturated heterocycles. The molecule has 7 nitrogen and oxygen atoms in total. The average molecular weight is 398 g/mol. The molecule has 1 aromatic heterocycles. The zero-order valence-electron chi connectivity index (χ0n) is 17.1. The van der Waals surface area contributed by atoms with E-state index in [2.05, 4.69) is 0 Å². The van der Waals surface area contributed by atoms with Gasteiger partial charge in [-0.05, 0) is 37.6 Å². The normalized spacial score (nSPS) is 18.2. The van der Waals surface area contributed by atoms with Crippen molar-refractivity contribution in [1.82, 2.24) is 9.80 Å². The summed E-state index contributed by atoms with van der Waals surface area (Å²) >= 11 is 0. The lowest BCUT2D eigenvalue weighted by Gasteiger charge is -2.37. The first kappa shape index (κ1) is 19.4. The van der Waals surface area contributed by atoms with E-state index in [0.29, 0.717) is 50.3 Å². The van der Waals surface area contributed by atoms with Crippen LogP contribution in [0.15, 0.2) is 34.7 Å². The van der Waals surface area contributed by atoms with Crippen LogP contribution < -0.4 is 4.74 Å². The number of piperidine rings is 1. The number of carbonyl (C=O) groups excluding carboxylic acids is 2. The lowest BCUT2D eigenvalue weighted by atomic mass is 9.91. The lowest BCUT2D eigenvalue weighted by molar-refractivity contribution is 0.00309. The van der Waals surface area contributed by atoms with Gasteiger partial charge in [-0.2, -0.15) is 0 Å². The molecule has 2 aromatic rings. The van der Waals surface area contributed by atoms with Gasteiger partial charge in [0, 0.05) is 32.5 Å². The van der Waals surface area contributed by atoms with Crippen LogP contribution in [0.4, 0.5) is 4.79 Å². The number of nitrogens with zero attached hydrogens (tertiary/aromatic N) is 2. The molecule has 154 valence electrons. The first-order valence-corrected chi connectivity index (χ1v) is 9.86. The van der Waals surface area contributed by atoms with Crippen molar-refractivity contribution in [2.75, 3.05) is 26.7 Å². The van der Waals surface area contributed by atoms with Gasteiger partial charge in [-0.15, -0.1) is 0 Å². The highest BCUT2D eigenvalue weighted by Gasteiger charge is 2.47. The predicted octanol–water partition coefficient (Wildman–Crippen LogP) is 3.53. The summed E-state index contributed by atoms with van der Waals surface area (Å²) in [6.45, 7) is 5.78. The lowest BCUT2D eigenvalue weighted by Crippen LogP contribution is -2.48. The summed E-state index contributed by atoms with van der Waals surface area (Å²) in [5, 5.41) is 0. The van der Waals surface area contributed by atoms with Crippen LogP contribution in [0.25, 0.3) is 0 Å². The van der Waals surface area contributed by atoms with Gasteiger partial charge in [0.05, 0.1) is 19.2 Å². The maximum absolute atomic E-state index is 12.8. The Labute approximate surface area is 170 Å². The zero-order chi connectivity index (χ0) is 20.6. The van der Waals surface area contributed by atoms with Crippen molar-refractivity contribution in [2.45, 2.75) is 38.8 Å². The van der Waals surface area contributed by atoms with Crippen LogP contribution in [0, 0.1) is 13.8 Å². The van der Waals surface area contributed by atoms with E-state index >= 15 is 0 Å². The van der Waals surface area contributed by atoms with Crippen LogP contribution in [-0.4, -0.2) is 54.1 Å². The van der Waals surface area contributed by atoms with E-state index in [9.17, 15) is 9.59 Å². The highest BCUT2D eigenvalue weighted by atomic mass is 16.6. The van der Waals surface area contributed by atoms with E-state index in [1.54, 1.807) is 25.0 Å². The molecule has 0 radical (unpaired) electrons. The molecule has 0 N–H and O–H groups in total. The summed E-state index contributed by atoms with van der Waals surface area (Å²) in [6.07, 6.45) is 0.970. The molecular weight excluding hydrogens is 372 g/mol. The molecule has 7 heteroatoms. The van der Waals surface area contributed by atoms with Crippen LogP contribution in [0.5, 0.6) is 5.75 Å². The molecule has 0 atom stereocenters. The van der Waals surface area contributed by atoms with Crippen LogP contribution in [-0.2, 0) is 11.3 Å². The molecule has 3 heterocycles. The third-order valence-electron chi connectivity index (χ3n) is 5.78. The highest BCUT2D eigenvalue weighted by Crippen LogP contribution is 2.35. The second kappa shape index (κ2) is 7.46. The Morgan fingerprint density at radius 3 is 2.62 bits per heavy atom. The SMILES string of the molecule is COc1cccc(CN2CC3(CCN(C(=O)c4cc(C)oc4C)CC3)OC2=O)c1. The Balaban J connectivity index is 1.39. The van der Waals surface area contributed by atoms with Crippen molar-refractivity contribution >= 4 is 12.0 Å². The topological polar surface area (TPSA) is 72.2 Å². The van der Waals surface area contributed by atoms with Gasteiger partial charge >= 0.3 is 6.09 Å². The van der Waals surface area contributed by atoms with Gasteiger partial charge in [-0.25, -0.2) is 4.79 Å². The smallest absolute Gasteiger partial charge is 0.410 e. The summed E-state index contributed by atoms with van der Waals surface area (Å²) in [5.74, 6) is 2.12. The monoisotopic (exact) mass is 398 g/mol. The summed E-state index contributed by atoms with van der Waals surface area (Å²) in [6, 6.07) is 9.47. The largest absolute Gasteiger partial charge is 0.497 e. The van der Waals surface area contributed by atoms with E-state index < -0.39 is 5.60 Å². The molecule has 0 aliphatic carbocycles. The standard InChI is InChI=1S/C22H26N2O5/c1-15-11-19(16(2)28-15)20(25)23-9-7-22(8-10-23)14-24(21(26)29-22)13-17-5-4-6-18(12-17)27-3/h4-6,11-12H,7-10,13-14H2,1-3H3. The first-order chi connectivity index (χ1) is 13.9. The second-order valence-corrected chi connectivity index (χ2v) is 7.88. The minimum Gasteiger partial charge on any atom is -0.497 e. The first-order valence-electron chi connectivity index (χ1n) is 9.86. The van der Waals surface area contributed by atoms with E-state index in [0.717, 1.165) is 17.1 Å². The number of methoxy groups -OCH3 is 1. The molecule has 1 spiro atoms. The Morgan fingerprint density at radius 1 is 1.21 bits per heavy atom. The number of benzene rings is 1. The molecular formula is C22H26N2O5. The van der Waals surface area contributed by atoms with Crippen LogP contribution in [0.2, 0.25) is 0 Å². The zero-order valence-corrected chi connectivity index (χ0v) is 17.1. The number of aryl methyl sites for hydroxylation is 2. The Hall–Kier alpha value is -2.96. The number of likely N-dealkylation sites (tertiary alicyclic amines) is 1. The summed E-state index contributed by atoms with van der Waals surface area (Å²) in [7, 11) is 1.62. The predicted molar refractivity (Wildman–Crippen MR) is 106 cm³/mol. The quantitative estimate of drug-likeness (QED) is 0.788. The maximum Gasteiger partial charge on any atom is 0.410 e. The molecule has 0 unspecified atom stereocenters. The van der Waals surface area contributed by atoms with Crippen molar-refractivity contribution in [3.05, 3.63) is 53.0 Å². The summed E-state index contributed by atoms with van der Waals surface area (Å²) in [5.41, 5.74) is 1.09. The van der Waals surface area contributed by atoms with Gasteiger partial charge in [-0.1, -0.05) is 12.1 Å². The summed E-state index contributed by atoms with van der Waals surface area (Å²) < 4.78 is 16.5. The second-order valence-electron chi connectivity index (χ2n) is 7.88. The fourth-order valence-electron chi connectivity index (χ4n) is 4.20. The fourth-order valence-corrected chi connectivity index (χ4v) is 4.20. The third-order valence-corrected chi connectivity index (χ3v) is 5.78. The molecule has 2 aliphatic rings. The van der Waals surface area contributed by atoms with Gasteiger partial charge < -0.3 is 18.8 Å². The molecule has 2 amide bonds. The number of carbonyl (C=O) groups is 2. The van der Waals surface area contributed by atoms with Crippen LogP contribution in [0.3, 0.4) is 0 Å². The van der Waals surface area contributed by atoms with E-state index in [1.165, 1.54) is 0 Å². The Morgan fingerprint density at radius 2 is 1.97 bits per heavy atom. The van der Waals surface area contributed by atoms with Crippen molar-refractivity contribution < 1.29 is 23.5 Å². The maximum atomic E-state index is 12.8. The molecule has 29 heavy (non-hydrogen) atoms. The van der Waals surface area contributed by atoms with Crippen molar-refractivity contribution in [3.8, 4) is 5.75 Å². The highest BCUT2D eigenvalue weighted by molar-refractivity contribution is 5.95. The number of hydrogen-bond donors (Lipinski definition) is 0. The van der Waals surface area contributed by atoms with Crippen molar-refractivity contribution in [3.63, 3.8) is 0 Å². The number of furan rings is 1. The minimum absolute atomic E-state index is 0.0215. The average Bonchev–Trinajstić information content (AvgIpc) is 3.20. The van der Waals surface area contributed by atoms with Crippen LogP contribution in [0.1, 0.15) is 40.3 Å². The molecule has 2 fully saturated rings. The third kappa shape index (κ3) is 3.81. The van der Waals surface area contributed by atoms with Crippen LogP contribution >= 0.6 is 0 Å². The van der Waals surface area contributed by atoms with Gasteiger partial charge in [0.1, 0.15) is 22.9 Å². The Bertz CT molecular complexity index is 927. The number of ether oxygens (including phenoxy) is 2. The number of amides is 2. The van der Waals surface area contributed by atoms with Gasteiger partial charge in [0.25, 0.3) is 5.91 Å². The minimum atomic E-state index is -0.520. The van der Waals surface area contributed by atoms with Gasteiger partial charge in [0.2, 0.25) is 0 Å². The van der Waals surface area contributed by atoms with Gasteiger partial charge in [0.15, 0.2) is 0 Å². The molecule has 1 aromatic carbocycles. The molecule has 2 aliphatic heterocycles. The molecule has 0 saturated carbocycles. The summed E-state index contributed by atoms with van der Waals surface area (Å²) in [4.78, 5) is 28.8. The number of rotatable bonds is 4. The van der Waals surface area contributed by atoms with Crippen molar-refractivity contribution in [2.24, 2.45) is 0 Å². The van der Waals surface area contributed by atoms with E-state index in [-0.39, 0.29) is 12.0 Å². The van der Waals surface area contributed by atoms with E-state index in [4.69, 9.17) is 13.9 Å². The fraction of sp³-hybridized carbons (Fsp3) is 0.455.